The molecule has 1 aliphatic heterocycles. The Balaban J connectivity index is 1.39. The minimum atomic E-state index is 0.0423. The maximum absolute atomic E-state index is 13.5. The largest absolute Gasteiger partial charge is 0.325 e. The van der Waals surface area contributed by atoms with Crippen molar-refractivity contribution in [1.29, 1.82) is 0 Å². The number of urea groups is 1. The van der Waals surface area contributed by atoms with Crippen LogP contribution in [0.15, 0.2) is 73.1 Å². The molecule has 1 aliphatic rings. The van der Waals surface area contributed by atoms with Crippen LogP contribution in [0.2, 0.25) is 10.0 Å². The fourth-order valence-electron chi connectivity index (χ4n) is 4.14. The van der Waals surface area contributed by atoms with E-state index in [9.17, 15) is 4.79 Å². The molecule has 0 atom stereocenters. The Bertz CT molecular complexity index is 1010. The van der Waals surface area contributed by atoms with Crippen molar-refractivity contribution in [2.45, 2.75) is 38.5 Å². The summed E-state index contributed by atoms with van der Waals surface area (Å²) in [7, 11) is 0. The van der Waals surface area contributed by atoms with Crippen LogP contribution in [0, 0.1) is 0 Å². The highest BCUT2D eigenvalue weighted by Gasteiger charge is 2.26. The minimum Gasteiger partial charge on any atom is -0.325 e. The van der Waals surface area contributed by atoms with Crippen LogP contribution < -0.4 is 5.32 Å². The number of rotatable bonds is 7. The molecule has 2 amide bonds. The van der Waals surface area contributed by atoms with E-state index in [1.54, 1.807) is 6.20 Å². The average Bonchev–Trinajstić information content (AvgIpc) is 2.83. The lowest BCUT2D eigenvalue weighted by atomic mass is 10.0. The van der Waals surface area contributed by atoms with E-state index < -0.39 is 0 Å². The van der Waals surface area contributed by atoms with Crippen LogP contribution in [-0.2, 0) is 19.6 Å². The molecule has 2 heterocycles. The zero-order chi connectivity index (χ0) is 23.0. The molecule has 1 fully saturated rings. The summed E-state index contributed by atoms with van der Waals surface area (Å²) in [5, 5.41) is 4.94. The molecule has 0 saturated carbocycles. The van der Waals surface area contributed by atoms with E-state index in [0.29, 0.717) is 29.2 Å². The molecule has 1 aromatic heterocycles. The molecule has 0 bridgehead atoms. The van der Waals surface area contributed by atoms with E-state index in [1.807, 2.05) is 70.6 Å². The Hall–Kier alpha value is -2.60. The first-order valence-electron chi connectivity index (χ1n) is 11.2. The predicted molar refractivity (Wildman–Crippen MR) is 133 cm³/mol. The van der Waals surface area contributed by atoms with Crippen molar-refractivity contribution in [3.63, 3.8) is 0 Å². The number of benzene rings is 2. The Morgan fingerprint density at radius 1 is 0.939 bits per heavy atom. The van der Waals surface area contributed by atoms with Gasteiger partial charge in [-0.1, -0.05) is 53.5 Å². The molecular formula is C26H28Cl2N4O. The van der Waals surface area contributed by atoms with E-state index in [0.717, 1.165) is 43.6 Å². The van der Waals surface area contributed by atoms with E-state index >= 15 is 0 Å². The molecule has 5 nitrogen and oxygen atoms in total. The molecule has 0 radical (unpaired) electrons. The summed E-state index contributed by atoms with van der Waals surface area (Å²) in [6.45, 7) is 3.23. The molecule has 0 unspecified atom stereocenters. The normalized spacial score (nSPS) is 14.3. The third-order valence-electron chi connectivity index (χ3n) is 5.88. The Morgan fingerprint density at radius 3 is 2.09 bits per heavy atom. The first kappa shape index (κ1) is 23.6. The van der Waals surface area contributed by atoms with Crippen molar-refractivity contribution < 1.29 is 4.79 Å². The van der Waals surface area contributed by atoms with Crippen LogP contribution in [0.3, 0.4) is 0 Å². The van der Waals surface area contributed by atoms with Gasteiger partial charge < -0.3 is 15.1 Å². The van der Waals surface area contributed by atoms with Gasteiger partial charge in [0.05, 0.1) is 0 Å². The second-order valence-electron chi connectivity index (χ2n) is 8.40. The Labute approximate surface area is 205 Å². The van der Waals surface area contributed by atoms with Gasteiger partial charge in [-0.15, -0.1) is 0 Å². The number of pyridine rings is 1. The van der Waals surface area contributed by atoms with Crippen LogP contribution in [0.5, 0.6) is 0 Å². The van der Waals surface area contributed by atoms with E-state index in [4.69, 9.17) is 23.2 Å². The first-order valence-corrected chi connectivity index (χ1v) is 12.0. The highest BCUT2D eigenvalue weighted by Crippen LogP contribution is 2.20. The molecule has 1 N–H and O–H groups in total. The fourth-order valence-corrected chi connectivity index (χ4v) is 4.57. The highest BCUT2D eigenvalue weighted by molar-refractivity contribution is 6.30. The third-order valence-corrected chi connectivity index (χ3v) is 6.35. The molecule has 172 valence electrons. The van der Waals surface area contributed by atoms with Gasteiger partial charge in [0.15, 0.2) is 0 Å². The maximum atomic E-state index is 13.5. The average molecular weight is 483 g/mol. The van der Waals surface area contributed by atoms with Crippen molar-refractivity contribution in [3.05, 3.63) is 99.8 Å². The summed E-state index contributed by atoms with van der Waals surface area (Å²) in [6.07, 6.45) is 5.52. The van der Waals surface area contributed by atoms with Crippen LogP contribution in [0.1, 0.15) is 29.5 Å². The summed E-state index contributed by atoms with van der Waals surface area (Å²) < 4.78 is 0. The van der Waals surface area contributed by atoms with Gasteiger partial charge in [-0.25, -0.2) is 4.79 Å². The van der Waals surface area contributed by atoms with Crippen LogP contribution in [0.4, 0.5) is 4.79 Å². The van der Waals surface area contributed by atoms with E-state index in [-0.39, 0.29) is 6.03 Å². The lowest BCUT2D eigenvalue weighted by Crippen LogP contribution is -2.49. The lowest BCUT2D eigenvalue weighted by molar-refractivity contribution is 0.131. The number of likely N-dealkylation sites (tertiary alicyclic amines) is 1. The van der Waals surface area contributed by atoms with Crippen LogP contribution >= 0.6 is 23.2 Å². The third kappa shape index (κ3) is 6.94. The topological polar surface area (TPSA) is 48.5 Å². The molecule has 0 spiro atoms. The van der Waals surface area contributed by atoms with Crippen molar-refractivity contribution in [3.8, 4) is 0 Å². The molecule has 4 rings (SSSR count). The highest BCUT2D eigenvalue weighted by atomic mass is 35.5. The standard InChI is InChI=1S/C26H28Cl2N4O/c27-23-7-1-4-20(14-23)18-32(19-21-5-2-8-24(28)15-21)26(33)31-12-9-25(10-13-31)30-17-22-6-3-11-29-16-22/h1-8,11,14-16,25,30H,9-10,12-13,17-19H2. The molecule has 33 heavy (non-hydrogen) atoms. The number of hydrogen-bond acceptors (Lipinski definition) is 3. The summed E-state index contributed by atoms with van der Waals surface area (Å²) in [6, 6.07) is 19.8. The minimum absolute atomic E-state index is 0.0423. The summed E-state index contributed by atoms with van der Waals surface area (Å²) in [5.74, 6) is 0. The first-order chi connectivity index (χ1) is 16.1. The Kier molecular flexibility index (Phi) is 8.21. The second-order valence-corrected chi connectivity index (χ2v) is 9.27. The fraction of sp³-hybridized carbons (Fsp3) is 0.308. The number of halogens is 2. The molecule has 0 aliphatic carbocycles. The van der Waals surface area contributed by atoms with Gasteiger partial charge in [0, 0.05) is 61.2 Å². The van der Waals surface area contributed by atoms with E-state index in [2.05, 4.69) is 16.4 Å². The number of nitrogens with one attached hydrogen (secondary N) is 1. The Morgan fingerprint density at radius 2 is 1.55 bits per heavy atom. The van der Waals surface area contributed by atoms with Gasteiger partial charge in [-0.05, 0) is 59.9 Å². The molecule has 3 aromatic rings. The summed E-state index contributed by atoms with van der Waals surface area (Å²) in [4.78, 5) is 21.5. The lowest BCUT2D eigenvalue weighted by Gasteiger charge is -2.36. The van der Waals surface area contributed by atoms with Gasteiger partial charge in [0.2, 0.25) is 0 Å². The summed E-state index contributed by atoms with van der Waals surface area (Å²) in [5.41, 5.74) is 3.18. The van der Waals surface area contributed by atoms with Gasteiger partial charge in [-0.3, -0.25) is 4.98 Å². The number of piperidine rings is 1. The van der Waals surface area contributed by atoms with Crippen LogP contribution in [-0.4, -0.2) is 39.9 Å². The number of carbonyl (C=O) groups is 1. The molecule has 7 heteroatoms. The van der Waals surface area contributed by atoms with Gasteiger partial charge in [0.25, 0.3) is 0 Å². The van der Waals surface area contributed by atoms with Crippen LogP contribution in [0.25, 0.3) is 0 Å². The van der Waals surface area contributed by atoms with Crippen molar-refractivity contribution in [2.75, 3.05) is 13.1 Å². The van der Waals surface area contributed by atoms with Crippen molar-refractivity contribution in [2.24, 2.45) is 0 Å². The number of hydrogen-bond donors (Lipinski definition) is 1. The predicted octanol–water partition coefficient (Wildman–Crippen LogP) is 5.76. The molecule has 1 saturated heterocycles. The monoisotopic (exact) mass is 482 g/mol. The van der Waals surface area contributed by atoms with E-state index in [1.165, 1.54) is 5.56 Å². The zero-order valence-electron chi connectivity index (χ0n) is 18.5. The van der Waals surface area contributed by atoms with Gasteiger partial charge >= 0.3 is 6.03 Å². The summed E-state index contributed by atoms with van der Waals surface area (Å²) >= 11 is 12.4. The molecule has 2 aromatic carbocycles. The number of aromatic nitrogens is 1. The molecular weight excluding hydrogens is 455 g/mol. The number of carbonyl (C=O) groups excluding carboxylic acids is 1. The smallest absolute Gasteiger partial charge is 0.320 e. The zero-order valence-corrected chi connectivity index (χ0v) is 20.0. The number of nitrogens with zero attached hydrogens (tertiary/aromatic N) is 3. The second kappa shape index (κ2) is 11.5. The van der Waals surface area contributed by atoms with Gasteiger partial charge in [-0.2, -0.15) is 0 Å². The SMILES string of the molecule is O=C(N1CCC(NCc2cccnc2)CC1)N(Cc1cccc(Cl)c1)Cc1cccc(Cl)c1. The quantitative estimate of drug-likeness (QED) is 0.465. The van der Waals surface area contributed by atoms with Gasteiger partial charge in [0.1, 0.15) is 0 Å². The maximum Gasteiger partial charge on any atom is 0.320 e. The van der Waals surface area contributed by atoms with Crippen molar-refractivity contribution >= 4 is 29.2 Å². The number of amides is 2. The van der Waals surface area contributed by atoms with Crippen molar-refractivity contribution in [1.82, 2.24) is 20.1 Å².